The van der Waals surface area contributed by atoms with E-state index in [4.69, 9.17) is 0 Å². The zero-order valence-corrected chi connectivity index (χ0v) is 17.7. The molecule has 0 atom stereocenters. The van der Waals surface area contributed by atoms with Gasteiger partial charge in [-0.2, -0.15) is 0 Å². The van der Waals surface area contributed by atoms with Crippen LogP contribution in [0.3, 0.4) is 0 Å². The van der Waals surface area contributed by atoms with Gasteiger partial charge in [-0.15, -0.1) is 0 Å². The Kier molecular flexibility index (Phi) is 23.0. The molecule has 2 radical (unpaired) electrons. The smallest absolute Gasteiger partial charge is 0.719 e. The molecule has 6 nitrogen and oxygen atoms in total. The van der Waals surface area contributed by atoms with E-state index >= 15 is 0 Å². The minimum atomic E-state index is -0.324. The Morgan fingerprint density at radius 3 is 0.632 bits per heavy atom. The minimum absolute atomic E-state index is 0. The molecule has 0 spiro atoms. The summed E-state index contributed by atoms with van der Waals surface area (Å²) >= 11 is 12.6. The van der Waals surface area contributed by atoms with Crippen molar-refractivity contribution >= 4 is 79.8 Å². The first-order chi connectivity index (χ1) is 7.93. The third kappa shape index (κ3) is 32.0. The van der Waals surface area contributed by atoms with E-state index in [1.54, 1.807) is 42.3 Å². The van der Waals surface area contributed by atoms with Crippen molar-refractivity contribution in [2.45, 2.75) is 0 Å². The van der Waals surface area contributed by atoms with Crippen molar-refractivity contribution in [3.05, 3.63) is 0 Å². The molecule has 0 N–H and O–H groups in total. The molecule has 3 amide bonds. The van der Waals surface area contributed by atoms with Crippen LogP contribution < -0.4 is 0 Å². The van der Waals surface area contributed by atoms with Crippen molar-refractivity contribution in [2.75, 3.05) is 42.3 Å². The zero-order valence-electron chi connectivity index (χ0n) is 11.7. The Morgan fingerprint density at radius 2 is 0.632 bits per heavy atom. The molecule has 0 rings (SSSR count). The Labute approximate surface area is 150 Å². The van der Waals surface area contributed by atoms with Gasteiger partial charge in [0.2, 0.25) is 0 Å². The third-order valence-corrected chi connectivity index (χ3v) is 2.19. The molecule has 0 aromatic carbocycles. The van der Waals surface area contributed by atoms with Crippen LogP contribution in [0, 0.1) is 0 Å². The summed E-state index contributed by atoms with van der Waals surface area (Å²) in [5.41, 5.74) is 0. The maximum Gasteiger partial charge on any atom is 3.00 e. The van der Waals surface area contributed by atoms with E-state index in [1.807, 2.05) is 0 Å². The van der Waals surface area contributed by atoms with Gasteiger partial charge < -0.3 is 67.0 Å². The van der Waals surface area contributed by atoms with E-state index in [1.165, 1.54) is 14.7 Å². The Bertz CT molecular complexity index is 234. The monoisotopic (exact) mass is 521 g/mol. The van der Waals surface area contributed by atoms with Crippen molar-refractivity contribution in [2.24, 2.45) is 0 Å². The zero-order chi connectivity index (χ0) is 15.5. The summed E-state index contributed by atoms with van der Waals surface area (Å²) < 4.78 is 0. The molecule has 0 aliphatic heterocycles. The predicted molar refractivity (Wildman–Crippen MR) is 85.1 cm³/mol. The largest absolute Gasteiger partial charge is 3.00 e. The molecular formula is C9H18BiN3O3S3. The van der Waals surface area contributed by atoms with Gasteiger partial charge in [0.15, 0.2) is 0 Å². The molecule has 0 fully saturated rings. The van der Waals surface area contributed by atoms with Crippen molar-refractivity contribution in [1.29, 1.82) is 0 Å². The number of carbonyl (C=O) groups excluding carboxylic acids is 3. The van der Waals surface area contributed by atoms with Crippen molar-refractivity contribution < 1.29 is 14.4 Å². The van der Waals surface area contributed by atoms with E-state index in [9.17, 15) is 14.4 Å². The predicted octanol–water partition coefficient (Wildman–Crippen LogP) is 0.264. The number of nitrogens with zero attached hydrogens (tertiary/aromatic N) is 3. The SMILES string of the molecule is CN(C)C(=O)[S-].CN(C)C(=O)[S-].CN(C)C(=O)[S-].[Bi+3]. The summed E-state index contributed by atoms with van der Waals surface area (Å²) in [6.07, 6.45) is 0. The Hall–Kier alpha value is -0.0469. The second-order valence-electron chi connectivity index (χ2n) is 3.48. The van der Waals surface area contributed by atoms with Gasteiger partial charge in [0, 0.05) is 42.3 Å². The molecule has 0 saturated carbocycles. The summed E-state index contributed by atoms with van der Waals surface area (Å²) in [5, 5.41) is -0.972. The van der Waals surface area contributed by atoms with Gasteiger partial charge in [0.25, 0.3) is 0 Å². The molecule has 0 aliphatic carbocycles. The van der Waals surface area contributed by atoms with E-state index in [0.29, 0.717) is 0 Å². The fourth-order valence-electron chi connectivity index (χ4n) is 0. The van der Waals surface area contributed by atoms with E-state index in [2.05, 4.69) is 37.9 Å². The second kappa shape index (κ2) is 16.0. The van der Waals surface area contributed by atoms with Gasteiger partial charge in [0.05, 0.1) is 0 Å². The molecule has 0 heterocycles. The molecule has 19 heavy (non-hydrogen) atoms. The molecule has 0 aromatic rings. The summed E-state index contributed by atoms with van der Waals surface area (Å²) in [6.45, 7) is 0. The molecule has 0 aromatic heterocycles. The fraction of sp³-hybridized carbons (Fsp3) is 0.667. The van der Waals surface area contributed by atoms with Crippen LogP contribution in [0.25, 0.3) is 0 Å². The van der Waals surface area contributed by atoms with Crippen LogP contribution in [0.2, 0.25) is 0 Å². The van der Waals surface area contributed by atoms with E-state index < -0.39 is 0 Å². The van der Waals surface area contributed by atoms with Crippen molar-refractivity contribution in [1.82, 2.24) is 14.7 Å². The first-order valence-electron chi connectivity index (χ1n) is 4.58. The Morgan fingerprint density at radius 1 is 0.579 bits per heavy atom. The topological polar surface area (TPSA) is 60.9 Å². The maximum absolute atomic E-state index is 9.88. The summed E-state index contributed by atoms with van der Waals surface area (Å²) in [7, 11) is 9.72. The number of carbonyl (C=O) groups is 3. The minimum Gasteiger partial charge on any atom is -0.719 e. The van der Waals surface area contributed by atoms with Crippen molar-refractivity contribution in [3.8, 4) is 0 Å². The van der Waals surface area contributed by atoms with Crippen LogP contribution in [0.4, 0.5) is 14.4 Å². The van der Waals surface area contributed by atoms with Gasteiger partial charge in [-0.25, -0.2) is 0 Å². The fourth-order valence-corrected chi connectivity index (χ4v) is 0. The molecule has 0 saturated heterocycles. The van der Waals surface area contributed by atoms with Gasteiger partial charge in [-0.3, -0.25) is 0 Å². The standard InChI is InChI=1S/3C3H7NOS.Bi/c3*1-4(2)3(5)6;/h3*1-2H3,(H,5,6);/q;;;+3/p-3. The van der Waals surface area contributed by atoms with Crippen molar-refractivity contribution in [3.63, 3.8) is 0 Å². The summed E-state index contributed by atoms with van der Waals surface area (Å²) in [4.78, 5) is 33.7. The van der Waals surface area contributed by atoms with Crippen LogP contribution in [0.1, 0.15) is 0 Å². The Balaban J connectivity index is -0.0000000865. The van der Waals surface area contributed by atoms with E-state index in [0.717, 1.165) is 0 Å². The number of hydrogen-bond donors (Lipinski definition) is 0. The average Bonchev–Trinajstić information content (AvgIpc) is 2.18. The van der Waals surface area contributed by atoms with Gasteiger partial charge in [-0.05, 0) is 0 Å². The molecule has 0 unspecified atom stereocenters. The average molecular weight is 521 g/mol. The first kappa shape index (κ1) is 27.3. The molecule has 0 aliphatic rings. The summed E-state index contributed by atoms with van der Waals surface area (Å²) in [5.74, 6) is 0. The normalized spacial score (nSPS) is 7.26. The van der Waals surface area contributed by atoms with Gasteiger partial charge in [-0.1, -0.05) is 0 Å². The number of hydrogen-bond acceptors (Lipinski definition) is 6. The molecule has 10 heteroatoms. The maximum atomic E-state index is 9.88. The summed E-state index contributed by atoms with van der Waals surface area (Å²) in [6, 6.07) is 0. The number of amides is 3. The molecule has 0 bridgehead atoms. The van der Waals surface area contributed by atoms with Gasteiger partial charge in [0.1, 0.15) is 15.7 Å². The van der Waals surface area contributed by atoms with Crippen LogP contribution in [0.5, 0.6) is 0 Å². The van der Waals surface area contributed by atoms with Crippen LogP contribution in [-0.4, -0.2) is 98.9 Å². The van der Waals surface area contributed by atoms with Gasteiger partial charge >= 0.3 is 26.2 Å². The molecular weight excluding hydrogens is 503 g/mol. The van der Waals surface area contributed by atoms with E-state index in [-0.39, 0.29) is 41.9 Å². The third-order valence-electron chi connectivity index (χ3n) is 1.10. The second-order valence-corrected chi connectivity index (χ2v) is 4.53. The van der Waals surface area contributed by atoms with Crippen LogP contribution in [-0.2, 0) is 37.9 Å². The quantitative estimate of drug-likeness (QED) is 0.337. The number of rotatable bonds is 0. The first-order valence-corrected chi connectivity index (χ1v) is 5.80. The molecule has 110 valence electrons. The van der Waals surface area contributed by atoms with Crippen LogP contribution >= 0.6 is 0 Å². The van der Waals surface area contributed by atoms with Crippen LogP contribution in [0.15, 0.2) is 0 Å².